The van der Waals surface area contributed by atoms with Crippen LogP contribution in [0.25, 0.3) is 0 Å². The molecule has 2 aromatic carbocycles. The lowest BCUT2D eigenvalue weighted by Crippen LogP contribution is -2.61. The monoisotopic (exact) mass is 1060 g/mol. The summed E-state index contributed by atoms with van der Waals surface area (Å²) < 4.78 is 0. The van der Waals surface area contributed by atoms with E-state index < -0.39 is 139 Å². The predicted octanol–water partition coefficient (Wildman–Crippen LogP) is -4.33. The van der Waals surface area contributed by atoms with Gasteiger partial charge in [-0.3, -0.25) is 52.7 Å². The fourth-order valence-electron chi connectivity index (χ4n) is 7.79. The molecule has 0 saturated carbocycles. The van der Waals surface area contributed by atoms with Crippen molar-refractivity contribution in [2.45, 2.75) is 113 Å². The van der Waals surface area contributed by atoms with Gasteiger partial charge >= 0.3 is 0 Å². The van der Waals surface area contributed by atoms with Crippen LogP contribution in [0.1, 0.15) is 62.5 Å². The standard InChI is InChI=1S/C46H65N13O12S2/c47-17-5-4-9-29(40(65)52-22-38(51)63)54-45(70)35-10-6-18-59(35)46(71)34-24-73-72-23-28(48)39(64)55-31(20-26-11-13-27(60)14-12-26)43(68)56-32(19-25-7-2-1-3-8-25)42(67)53-30(15-16-36(49)61)41(66)57-33(21-37(50)62)44(69)58-34/h1-3,7-8,11-14,28-35,60H,4-6,9-10,15-24,47-48H2,(H2,49,61)(H2,50,62)(H2,51,63)(H,52,65)(H,53,67)(H,54,70)(H,55,64)(H,56,68)(H,57,66)(H,58,69)/t28-,29-,30?,31?,32-,33-,34?,35-/m0/s1. The second-order valence-electron chi connectivity index (χ2n) is 17.4. The Kier molecular flexibility index (Phi) is 23.7. The number of nitrogens with two attached hydrogens (primary N) is 5. The lowest BCUT2D eigenvalue weighted by molar-refractivity contribution is -0.142. The zero-order valence-corrected chi connectivity index (χ0v) is 41.6. The van der Waals surface area contributed by atoms with E-state index in [1.807, 2.05) is 0 Å². The number of nitrogens with one attached hydrogen (secondary N) is 7. The molecule has 4 rings (SSSR count). The summed E-state index contributed by atoms with van der Waals surface area (Å²) in [5.41, 5.74) is 29.2. The summed E-state index contributed by atoms with van der Waals surface area (Å²) in [5, 5.41) is 27.7. The van der Waals surface area contributed by atoms with Crippen LogP contribution in [0, 0.1) is 0 Å². The molecule has 398 valence electrons. The Morgan fingerprint density at radius 1 is 0.699 bits per heavy atom. The third kappa shape index (κ3) is 19.5. The highest BCUT2D eigenvalue weighted by atomic mass is 33.1. The van der Waals surface area contributed by atoms with E-state index in [1.165, 1.54) is 29.2 Å². The third-order valence-electron chi connectivity index (χ3n) is 11.6. The minimum Gasteiger partial charge on any atom is -0.508 e. The lowest BCUT2D eigenvalue weighted by atomic mass is 10.0. The normalized spacial score (nSPS) is 23.0. The van der Waals surface area contributed by atoms with Gasteiger partial charge in [0.25, 0.3) is 0 Å². The van der Waals surface area contributed by atoms with Crippen LogP contribution in [-0.2, 0) is 65.6 Å². The van der Waals surface area contributed by atoms with E-state index in [2.05, 4.69) is 37.2 Å². The highest BCUT2D eigenvalue weighted by molar-refractivity contribution is 8.76. The maximum absolute atomic E-state index is 14.6. The lowest BCUT2D eigenvalue weighted by Gasteiger charge is -2.31. The van der Waals surface area contributed by atoms with Gasteiger partial charge in [0.15, 0.2) is 0 Å². The van der Waals surface area contributed by atoms with Gasteiger partial charge in [-0.15, -0.1) is 0 Å². The van der Waals surface area contributed by atoms with Gasteiger partial charge in [0.05, 0.1) is 19.0 Å². The smallest absolute Gasteiger partial charge is 0.246 e. The van der Waals surface area contributed by atoms with E-state index in [0.717, 1.165) is 21.6 Å². The van der Waals surface area contributed by atoms with Gasteiger partial charge in [0.1, 0.15) is 48.0 Å². The molecule has 11 amide bonds. The number of nitrogens with zero attached hydrogens (tertiary/aromatic N) is 1. The van der Waals surface area contributed by atoms with Gasteiger partial charge in [0.2, 0.25) is 65.0 Å². The summed E-state index contributed by atoms with van der Waals surface area (Å²) in [6, 6.07) is 3.09. The van der Waals surface area contributed by atoms with Crippen molar-refractivity contribution < 1.29 is 57.8 Å². The number of phenolic OH excluding ortho intramolecular Hbond substituents is 1. The molecular formula is C46H65N13O12S2. The first-order chi connectivity index (χ1) is 34.8. The maximum atomic E-state index is 14.6. The SMILES string of the molecule is NCCCC[C@H](NC(=O)[C@@H]1CCCN1C(=O)C1CSSC[C@H](N)C(=O)NC(Cc2ccc(O)cc2)C(=O)N[C@@H](Cc2ccccc2)C(=O)NC(CCC(N)=O)C(=O)N[C@@H](CC(N)=O)C(=O)N1)C(=O)NCC(N)=O. The summed E-state index contributed by atoms with van der Waals surface area (Å²) >= 11 is 0. The van der Waals surface area contributed by atoms with Crippen molar-refractivity contribution in [3.63, 3.8) is 0 Å². The second kappa shape index (κ2) is 29.5. The minimum absolute atomic E-state index is 0.0324. The van der Waals surface area contributed by atoms with Crippen molar-refractivity contribution in [3.8, 4) is 5.75 Å². The Labute approximate surface area is 428 Å². The van der Waals surface area contributed by atoms with E-state index in [4.69, 9.17) is 28.7 Å². The largest absolute Gasteiger partial charge is 0.508 e. The highest BCUT2D eigenvalue weighted by Gasteiger charge is 2.40. The van der Waals surface area contributed by atoms with Crippen molar-refractivity contribution in [1.82, 2.24) is 42.1 Å². The molecule has 0 radical (unpaired) electrons. The van der Waals surface area contributed by atoms with E-state index in [-0.39, 0.29) is 49.5 Å². The molecular weight excluding hydrogens is 991 g/mol. The number of amides is 11. The Morgan fingerprint density at radius 3 is 1.89 bits per heavy atom. The number of carbonyl (C=O) groups excluding carboxylic acids is 11. The number of phenols is 1. The van der Waals surface area contributed by atoms with Crippen LogP contribution in [0.3, 0.4) is 0 Å². The van der Waals surface area contributed by atoms with E-state index in [0.29, 0.717) is 36.9 Å². The molecule has 0 aliphatic carbocycles. The molecule has 2 fully saturated rings. The highest BCUT2D eigenvalue weighted by Crippen LogP contribution is 2.26. The molecule has 18 N–H and O–H groups in total. The molecule has 0 bridgehead atoms. The number of benzene rings is 2. The molecule has 73 heavy (non-hydrogen) atoms. The summed E-state index contributed by atoms with van der Waals surface area (Å²) in [5.74, 6) is -10.0. The minimum atomic E-state index is -1.78. The second-order valence-corrected chi connectivity index (χ2v) is 20.0. The van der Waals surface area contributed by atoms with Gasteiger partial charge < -0.3 is 75.9 Å². The average molecular weight is 1060 g/mol. The predicted molar refractivity (Wildman–Crippen MR) is 269 cm³/mol. The molecule has 2 heterocycles. The first-order valence-electron chi connectivity index (χ1n) is 23.5. The van der Waals surface area contributed by atoms with E-state index >= 15 is 0 Å². The Hall–Kier alpha value is -6.97. The number of likely N-dealkylation sites (tertiary alicyclic amines) is 1. The number of unbranched alkanes of at least 4 members (excludes halogenated alkanes) is 1. The fourth-order valence-corrected chi connectivity index (χ4v) is 10.1. The van der Waals surface area contributed by atoms with E-state index in [9.17, 15) is 57.8 Å². The quantitative estimate of drug-likeness (QED) is 0.0467. The molecule has 2 aliphatic rings. The number of rotatable bonds is 19. The summed E-state index contributed by atoms with van der Waals surface area (Å²) in [7, 11) is 2.02. The molecule has 25 nitrogen and oxygen atoms in total. The van der Waals surface area contributed by atoms with Crippen LogP contribution in [0.4, 0.5) is 0 Å². The van der Waals surface area contributed by atoms with Crippen LogP contribution in [-0.4, -0.2) is 154 Å². The van der Waals surface area contributed by atoms with Crippen molar-refractivity contribution in [3.05, 3.63) is 65.7 Å². The number of carbonyl (C=O) groups is 11. The van der Waals surface area contributed by atoms with Gasteiger partial charge in [-0.2, -0.15) is 0 Å². The molecule has 2 aromatic rings. The Balaban J connectivity index is 1.71. The molecule has 8 atom stereocenters. The van der Waals surface area contributed by atoms with Crippen LogP contribution in [0.2, 0.25) is 0 Å². The van der Waals surface area contributed by atoms with Crippen molar-refractivity contribution in [2.75, 3.05) is 31.1 Å². The van der Waals surface area contributed by atoms with Gasteiger partial charge in [-0.25, -0.2) is 0 Å². The molecule has 2 saturated heterocycles. The Morgan fingerprint density at radius 2 is 1.27 bits per heavy atom. The fraction of sp³-hybridized carbons (Fsp3) is 0.500. The first kappa shape index (κ1) is 58.6. The third-order valence-corrected chi connectivity index (χ3v) is 14.1. The number of aromatic hydroxyl groups is 1. The topological polar surface area (TPSA) is 426 Å². The molecule has 3 unspecified atom stereocenters. The van der Waals surface area contributed by atoms with Gasteiger partial charge in [0, 0.05) is 37.3 Å². The average Bonchev–Trinajstić information content (AvgIpc) is 3.85. The number of hydrogen-bond acceptors (Lipinski definition) is 16. The summed E-state index contributed by atoms with van der Waals surface area (Å²) in [6.07, 6.45) is -0.386. The van der Waals surface area contributed by atoms with Crippen molar-refractivity contribution in [1.29, 1.82) is 0 Å². The molecule has 27 heteroatoms. The first-order valence-corrected chi connectivity index (χ1v) is 26.0. The van der Waals surface area contributed by atoms with Gasteiger partial charge in [-0.05, 0) is 68.3 Å². The maximum Gasteiger partial charge on any atom is 0.246 e. The molecule has 0 aromatic heterocycles. The van der Waals surface area contributed by atoms with Crippen molar-refractivity contribution >= 4 is 86.6 Å². The van der Waals surface area contributed by atoms with Crippen LogP contribution in [0.5, 0.6) is 5.75 Å². The Bertz CT molecular complexity index is 2300. The number of hydrogen-bond donors (Lipinski definition) is 13. The van der Waals surface area contributed by atoms with E-state index in [1.54, 1.807) is 30.3 Å². The summed E-state index contributed by atoms with van der Waals surface area (Å²) in [6.45, 7) is -0.147. The molecule has 0 spiro atoms. The van der Waals surface area contributed by atoms with Crippen LogP contribution < -0.4 is 65.9 Å². The zero-order valence-electron chi connectivity index (χ0n) is 40.0. The van der Waals surface area contributed by atoms with Crippen molar-refractivity contribution in [2.24, 2.45) is 28.7 Å². The van der Waals surface area contributed by atoms with Crippen LogP contribution in [0.15, 0.2) is 54.6 Å². The van der Waals surface area contributed by atoms with Gasteiger partial charge in [-0.1, -0.05) is 64.1 Å². The van der Waals surface area contributed by atoms with Crippen LogP contribution >= 0.6 is 21.6 Å². The zero-order chi connectivity index (χ0) is 53.6. The number of primary amides is 3. The summed E-state index contributed by atoms with van der Waals surface area (Å²) in [4.78, 5) is 149. The molecule has 2 aliphatic heterocycles.